The topological polar surface area (TPSA) is 33.0 Å². The Labute approximate surface area is 82.8 Å². The van der Waals surface area contributed by atoms with Crippen LogP contribution in [0.2, 0.25) is 0 Å². The van der Waals surface area contributed by atoms with E-state index in [2.05, 4.69) is 19.0 Å². The number of fused-ring (bicyclic) bond motifs is 1. The highest BCUT2D eigenvalue weighted by molar-refractivity contribution is 7.75. The zero-order valence-corrected chi connectivity index (χ0v) is 7.92. The minimum atomic E-state index is -0.820. The maximum Gasteiger partial charge on any atom is 0.193 e. The molecule has 0 aliphatic heterocycles. The summed E-state index contributed by atoms with van der Waals surface area (Å²) in [5.74, 6) is 0. The van der Waals surface area contributed by atoms with Crippen molar-refractivity contribution in [3.63, 3.8) is 0 Å². The van der Waals surface area contributed by atoms with Gasteiger partial charge in [0, 0.05) is 5.56 Å². The Bertz CT molecular complexity index is 371. The molecule has 0 saturated heterocycles. The van der Waals surface area contributed by atoms with Crippen LogP contribution < -0.4 is 0 Å². The van der Waals surface area contributed by atoms with Gasteiger partial charge in [-0.3, -0.25) is 4.18 Å². The minimum absolute atomic E-state index is 0.701. The van der Waals surface area contributed by atoms with Gasteiger partial charge in [-0.2, -0.15) is 5.26 Å². The Morgan fingerprint density at radius 2 is 2.23 bits per heavy atom. The van der Waals surface area contributed by atoms with Crippen molar-refractivity contribution in [1.82, 2.24) is 0 Å². The van der Waals surface area contributed by atoms with Gasteiger partial charge in [0.1, 0.15) is 6.07 Å². The van der Waals surface area contributed by atoms with Crippen LogP contribution in [0, 0.1) is 11.3 Å². The number of hydrogen-bond acceptors (Lipinski definition) is 3. The first-order valence-corrected chi connectivity index (χ1v) is 4.51. The fourth-order valence-electron chi connectivity index (χ4n) is 1.81. The molecule has 3 heteroatoms. The zero-order chi connectivity index (χ0) is 9.31. The number of benzene rings is 1. The van der Waals surface area contributed by atoms with Crippen LogP contribution in [0.25, 0.3) is 0 Å². The molecule has 1 aromatic rings. The van der Waals surface area contributed by atoms with Gasteiger partial charge in [-0.05, 0) is 31.3 Å². The number of nitrogens with zero attached hydrogens (tertiary/aromatic N) is 1. The van der Waals surface area contributed by atoms with E-state index in [0.29, 0.717) is 6.42 Å². The molecule has 0 heterocycles. The van der Waals surface area contributed by atoms with Gasteiger partial charge in [0.2, 0.25) is 0 Å². The van der Waals surface area contributed by atoms with E-state index in [1.54, 1.807) is 0 Å². The van der Waals surface area contributed by atoms with Crippen LogP contribution in [0.4, 0.5) is 0 Å². The van der Waals surface area contributed by atoms with E-state index in [-0.39, 0.29) is 0 Å². The number of thiol groups is 1. The maximum absolute atomic E-state index is 9.04. The fraction of sp³-hybridized carbons (Fsp3) is 0.300. The highest BCUT2D eigenvalue weighted by atomic mass is 32.1. The zero-order valence-electron chi connectivity index (χ0n) is 7.03. The summed E-state index contributed by atoms with van der Waals surface area (Å²) in [5.41, 5.74) is 1.34. The number of nitriles is 1. The van der Waals surface area contributed by atoms with E-state index in [9.17, 15) is 0 Å². The van der Waals surface area contributed by atoms with Crippen LogP contribution in [0.3, 0.4) is 0 Å². The smallest absolute Gasteiger partial charge is 0.193 e. The molecule has 0 spiro atoms. The summed E-state index contributed by atoms with van der Waals surface area (Å²) in [4.78, 5) is 0. The van der Waals surface area contributed by atoms with Crippen molar-refractivity contribution in [2.75, 3.05) is 0 Å². The second kappa shape index (κ2) is 3.06. The molecule has 0 aromatic heterocycles. The lowest BCUT2D eigenvalue weighted by atomic mass is 9.98. The summed E-state index contributed by atoms with van der Waals surface area (Å²) in [5, 5.41) is 9.04. The Kier molecular flexibility index (Phi) is 2.03. The highest BCUT2D eigenvalue weighted by Crippen LogP contribution is 2.39. The monoisotopic (exact) mass is 191 g/mol. The average molecular weight is 191 g/mol. The van der Waals surface area contributed by atoms with Crippen LogP contribution in [-0.4, -0.2) is 0 Å². The van der Waals surface area contributed by atoms with E-state index in [4.69, 9.17) is 9.44 Å². The molecular formula is C10H9NOS. The lowest BCUT2D eigenvalue weighted by Crippen LogP contribution is -2.20. The SMILES string of the molecule is N#CC1(OS)CCc2ccccc21. The third-order valence-electron chi connectivity index (χ3n) is 2.54. The van der Waals surface area contributed by atoms with E-state index >= 15 is 0 Å². The van der Waals surface area contributed by atoms with Crippen molar-refractivity contribution in [2.45, 2.75) is 18.4 Å². The summed E-state index contributed by atoms with van der Waals surface area (Å²) in [7, 11) is 0. The molecular weight excluding hydrogens is 182 g/mol. The van der Waals surface area contributed by atoms with Crippen LogP contribution in [0.15, 0.2) is 24.3 Å². The molecule has 66 valence electrons. The minimum Gasteiger partial charge on any atom is -0.292 e. The van der Waals surface area contributed by atoms with Gasteiger partial charge in [0.15, 0.2) is 5.60 Å². The van der Waals surface area contributed by atoms with Gasteiger partial charge in [0.05, 0.1) is 0 Å². The maximum atomic E-state index is 9.04. The largest absolute Gasteiger partial charge is 0.292 e. The van der Waals surface area contributed by atoms with Gasteiger partial charge in [0.25, 0.3) is 0 Å². The average Bonchev–Trinajstić information content (AvgIpc) is 2.58. The molecule has 2 rings (SSSR count). The van der Waals surface area contributed by atoms with Crippen molar-refractivity contribution >= 4 is 12.9 Å². The van der Waals surface area contributed by atoms with Crippen LogP contribution in [0.1, 0.15) is 17.5 Å². The van der Waals surface area contributed by atoms with Gasteiger partial charge in [-0.15, -0.1) is 0 Å². The Balaban J connectivity index is 2.55. The number of rotatable bonds is 1. The molecule has 0 fully saturated rings. The Morgan fingerprint density at radius 3 is 2.92 bits per heavy atom. The van der Waals surface area contributed by atoms with E-state index in [1.165, 1.54) is 5.56 Å². The lowest BCUT2D eigenvalue weighted by molar-refractivity contribution is 0.168. The van der Waals surface area contributed by atoms with Gasteiger partial charge >= 0.3 is 0 Å². The van der Waals surface area contributed by atoms with Gasteiger partial charge < -0.3 is 0 Å². The first kappa shape index (κ1) is 8.61. The van der Waals surface area contributed by atoms with Crippen molar-refractivity contribution in [2.24, 2.45) is 0 Å². The molecule has 0 saturated carbocycles. The second-order valence-electron chi connectivity index (χ2n) is 3.19. The van der Waals surface area contributed by atoms with E-state index in [1.807, 2.05) is 24.3 Å². The summed E-state index contributed by atoms with van der Waals surface area (Å²) in [6.45, 7) is 0. The molecule has 2 nitrogen and oxygen atoms in total. The van der Waals surface area contributed by atoms with Crippen LogP contribution in [-0.2, 0) is 16.2 Å². The number of aryl methyl sites for hydroxylation is 1. The predicted octanol–water partition coefficient (Wildman–Crippen LogP) is 2.21. The molecule has 1 aliphatic rings. The van der Waals surface area contributed by atoms with Crippen LogP contribution in [0.5, 0.6) is 0 Å². The first-order valence-electron chi connectivity index (χ1n) is 4.14. The van der Waals surface area contributed by atoms with E-state index < -0.39 is 5.60 Å². The molecule has 0 N–H and O–H groups in total. The molecule has 1 aromatic carbocycles. The summed E-state index contributed by atoms with van der Waals surface area (Å²) in [6, 6.07) is 10.0. The Hall–Kier alpha value is -0.980. The van der Waals surface area contributed by atoms with Gasteiger partial charge in [-0.25, -0.2) is 0 Å². The third-order valence-corrected chi connectivity index (χ3v) is 2.85. The molecule has 1 atom stereocenters. The van der Waals surface area contributed by atoms with Crippen molar-refractivity contribution < 1.29 is 4.18 Å². The first-order chi connectivity index (χ1) is 6.32. The molecule has 1 aliphatic carbocycles. The fourth-order valence-corrected chi connectivity index (χ4v) is 2.04. The van der Waals surface area contributed by atoms with Crippen molar-refractivity contribution in [3.8, 4) is 6.07 Å². The molecule has 13 heavy (non-hydrogen) atoms. The summed E-state index contributed by atoms with van der Waals surface area (Å²) in [6.07, 6.45) is 1.59. The predicted molar refractivity (Wildman–Crippen MR) is 52.1 cm³/mol. The normalized spacial score (nSPS) is 25.2. The standard InChI is InChI=1S/C10H9NOS/c11-7-10(12-13)6-5-8-3-1-2-4-9(8)10/h1-4,13H,5-6H2. The Morgan fingerprint density at radius 1 is 1.46 bits per heavy atom. The number of hydrogen-bond donors (Lipinski definition) is 1. The third kappa shape index (κ3) is 1.14. The lowest BCUT2D eigenvalue weighted by Gasteiger charge is -2.18. The van der Waals surface area contributed by atoms with Crippen molar-refractivity contribution in [3.05, 3.63) is 35.4 Å². The highest BCUT2D eigenvalue weighted by Gasteiger charge is 2.39. The molecule has 0 bridgehead atoms. The van der Waals surface area contributed by atoms with E-state index in [0.717, 1.165) is 12.0 Å². The van der Waals surface area contributed by atoms with Crippen LogP contribution >= 0.6 is 12.9 Å². The summed E-state index contributed by atoms with van der Waals surface area (Å²) < 4.78 is 5.01. The van der Waals surface area contributed by atoms with Crippen molar-refractivity contribution in [1.29, 1.82) is 5.26 Å². The quantitative estimate of drug-likeness (QED) is 0.545. The molecule has 0 amide bonds. The summed E-state index contributed by atoms with van der Waals surface area (Å²) >= 11 is 3.78. The molecule has 0 radical (unpaired) electrons. The van der Waals surface area contributed by atoms with Gasteiger partial charge in [-0.1, -0.05) is 24.3 Å². The molecule has 1 unspecified atom stereocenters. The second-order valence-corrected chi connectivity index (χ2v) is 3.37.